The van der Waals surface area contributed by atoms with Crippen LogP contribution in [0.3, 0.4) is 0 Å². The number of anilines is 4. The highest BCUT2D eigenvalue weighted by Crippen LogP contribution is 2.31. The maximum atomic E-state index is 14.0. The summed E-state index contributed by atoms with van der Waals surface area (Å²) in [5.41, 5.74) is 1.64. The molecular weight excluding hydrogens is 477 g/mol. The Morgan fingerprint density at radius 3 is 2.70 bits per heavy atom. The van der Waals surface area contributed by atoms with Gasteiger partial charge in [0.25, 0.3) is 0 Å². The first-order valence-corrected chi connectivity index (χ1v) is 12.4. The van der Waals surface area contributed by atoms with E-state index in [1.165, 1.54) is 4.90 Å². The Morgan fingerprint density at radius 1 is 1.27 bits per heavy atom. The summed E-state index contributed by atoms with van der Waals surface area (Å²) in [6.07, 6.45) is 2.57. The number of rotatable bonds is 5. The average Bonchev–Trinajstić information content (AvgIpc) is 2.83. The third-order valence-corrected chi connectivity index (χ3v) is 6.07. The van der Waals surface area contributed by atoms with Crippen LogP contribution in [0.25, 0.3) is 10.9 Å². The summed E-state index contributed by atoms with van der Waals surface area (Å²) in [6.45, 7) is 10.1. The summed E-state index contributed by atoms with van der Waals surface area (Å²) in [5.74, 6) is 1.50. The number of halogens is 1. The van der Waals surface area contributed by atoms with Crippen molar-refractivity contribution in [2.45, 2.75) is 64.8 Å². The van der Waals surface area contributed by atoms with E-state index >= 15 is 0 Å². The number of pyridine rings is 2. The van der Waals surface area contributed by atoms with Crippen LogP contribution in [-0.2, 0) is 4.74 Å². The van der Waals surface area contributed by atoms with Gasteiger partial charge in [-0.3, -0.25) is 4.90 Å². The standard InChI is InChI=1S/C26H34FN7O3/c1-15(2)17-12-29-23(33(6)25(36)37-26(3,4)5)18-13-30-24(32-22(17)18)31-16-7-9-28-21(11-16)34-10-8-20(35)19(27)14-34/h7,9,11-13,15,19-20,35H,8,10,14H2,1-6H3,(H,28,30,31,32)/t19-,20+/m0/s1. The molecule has 4 rings (SSSR count). The third kappa shape index (κ3) is 6.04. The molecule has 4 heterocycles. The lowest BCUT2D eigenvalue weighted by molar-refractivity contribution is 0.0588. The van der Waals surface area contributed by atoms with Gasteiger partial charge in [0.05, 0.1) is 23.6 Å². The summed E-state index contributed by atoms with van der Waals surface area (Å²) in [6, 6.07) is 3.58. The number of hydrogen-bond donors (Lipinski definition) is 2. The Morgan fingerprint density at radius 2 is 2.03 bits per heavy atom. The summed E-state index contributed by atoms with van der Waals surface area (Å²) in [4.78, 5) is 34.0. The summed E-state index contributed by atoms with van der Waals surface area (Å²) in [7, 11) is 1.61. The molecular formula is C26H34FN7O3. The molecule has 1 fully saturated rings. The van der Waals surface area contributed by atoms with Crippen molar-refractivity contribution in [2.24, 2.45) is 0 Å². The molecule has 1 saturated heterocycles. The van der Waals surface area contributed by atoms with E-state index < -0.39 is 24.0 Å². The normalized spacial score (nSPS) is 18.2. The number of ether oxygens (including phenoxy) is 1. The number of aliphatic hydroxyl groups excluding tert-OH is 1. The fraction of sp³-hybridized carbons (Fsp3) is 0.500. The molecule has 0 spiro atoms. The summed E-state index contributed by atoms with van der Waals surface area (Å²) >= 11 is 0. The van der Waals surface area contributed by atoms with Gasteiger partial charge < -0.3 is 20.1 Å². The van der Waals surface area contributed by atoms with Gasteiger partial charge in [-0.1, -0.05) is 13.8 Å². The number of piperidine rings is 1. The van der Waals surface area contributed by atoms with Crippen LogP contribution in [0.2, 0.25) is 0 Å². The van der Waals surface area contributed by atoms with E-state index in [0.717, 1.165) is 5.56 Å². The van der Waals surface area contributed by atoms with E-state index in [0.29, 0.717) is 47.1 Å². The average molecular weight is 512 g/mol. The Kier molecular flexibility index (Phi) is 7.44. The molecule has 3 aromatic heterocycles. The zero-order valence-corrected chi connectivity index (χ0v) is 22.1. The number of amides is 1. The lowest BCUT2D eigenvalue weighted by Gasteiger charge is -2.33. The smallest absolute Gasteiger partial charge is 0.415 e. The van der Waals surface area contributed by atoms with Crippen LogP contribution < -0.4 is 15.1 Å². The summed E-state index contributed by atoms with van der Waals surface area (Å²) in [5, 5.41) is 13.5. The maximum Gasteiger partial charge on any atom is 0.415 e. The van der Waals surface area contributed by atoms with Crippen molar-refractivity contribution in [3.63, 3.8) is 0 Å². The molecule has 0 unspecified atom stereocenters. The second-order valence-corrected chi connectivity index (χ2v) is 10.5. The van der Waals surface area contributed by atoms with Crippen LogP contribution in [0.15, 0.2) is 30.7 Å². The number of carbonyl (C=O) groups excluding carboxylic acids is 1. The molecule has 1 aliphatic heterocycles. The lowest BCUT2D eigenvalue weighted by Crippen LogP contribution is -2.44. The zero-order valence-electron chi connectivity index (χ0n) is 22.1. The number of aromatic nitrogens is 4. The molecule has 198 valence electrons. The van der Waals surface area contributed by atoms with Crippen LogP contribution in [0, 0.1) is 0 Å². The highest BCUT2D eigenvalue weighted by Gasteiger charge is 2.28. The fourth-order valence-electron chi connectivity index (χ4n) is 4.09. The zero-order chi connectivity index (χ0) is 26.9. The minimum Gasteiger partial charge on any atom is -0.443 e. The monoisotopic (exact) mass is 511 g/mol. The molecule has 3 aromatic rings. The van der Waals surface area contributed by atoms with Crippen molar-refractivity contribution in [1.82, 2.24) is 19.9 Å². The minimum absolute atomic E-state index is 0.0861. The van der Waals surface area contributed by atoms with Gasteiger partial charge in [0.15, 0.2) is 0 Å². The molecule has 0 bridgehead atoms. The molecule has 0 radical (unpaired) electrons. The van der Waals surface area contributed by atoms with Crippen molar-refractivity contribution in [3.8, 4) is 0 Å². The Labute approximate surface area is 215 Å². The van der Waals surface area contributed by atoms with Gasteiger partial charge in [-0.15, -0.1) is 0 Å². The molecule has 0 aromatic carbocycles. The highest BCUT2D eigenvalue weighted by molar-refractivity contribution is 5.99. The number of carbonyl (C=O) groups is 1. The largest absolute Gasteiger partial charge is 0.443 e. The molecule has 2 N–H and O–H groups in total. The first-order chi connectivity index (χ1) is 17.4. The van der Waals surface area contributed by atoms with Crippen LogP contribution >= 0.6 is 0 Å². The second kappa shape index (κ2) is 10.4. The number of nitrogens with one attached hydrogen (secondary N) is 1. The van der Waals surface area contributed by atoms with Gasteiger partial charge >= 0.3 is 6.09 Å². The van der Waals surface area contributed by atoms with Crippen molar-refractivity contribution < 1.29 is 19.0 Å². The van der Waals surface area contributed by atoms with E-state index in [1.807, 2.05) is 39.5 Å². The van der Waals surface area contributed by atoms with Crippen molar-refractivity contribution in [3.05, 3.63) is 36.3 Å². The molecule has 1 aliphatic rings. The van der Waals surface area contributed by atoms with E-state index in [-0.39, 0.29) is 12.5 Å². The first-order valence-electron chi connectivity index (χ1n) is 12.4. The van der Waals surface area contributed by atoms with Crippen LogP contribution in [0.5, 0.6) is 0 Å². The molecule has 0 aliphatic carbocycles. The molecule has 37 heavy (non-hydrogen) atoms. The first kappa shape index (κ1) is 26.5. The van der Waals surface area contributed by atoms with Crippen LogP contribution in [0.4, 0.5) is 32.5 Å². The lowest BCUT2D eigenvalue weighted by atomic mass is 10.0. The molecule has 11 heteroatoms. The number of nitrogens with zero attached hydrogens (tertiary/aromatic N) is 6. The van der Waals surface area contributed by atoms with E-state index in [9.17, 15) is 14.3 Å². The van der Waals surface area contributed by atoms with Gasteiger partial charge in [-0.05, 0) is 44.7 Å². The third-order valence-electron chi connectivity index (χ3n) is 6.07. The Hall–Kier alpha value is -3.60. The molecule has 2 atom stereocenters. The van der Waals surface area contributed by atoms with Gasteiger partial charge in [0, 0.05) is 43.9 Å². The van der Waals surface area contributed by atoms with Crippen molar-refractivity contribution >= 4 is 40.3 Å². The number of aliphatic hydroxyl groups is 1. The van der Waals surface area contributed by atoms with Gasteiger partial charge in [-0.25, -0.2) is 29.1 Å². The second-order valence-electron chi connectivity index (χ2n) is 10.5. The Bertz CT molecular complexity index is 1280. The quantitative estimate of drug-likeness (QED) is 0.508. The van der Waals surface area contributed by atoms with E-state index in [4.69, 9.17) is 9.72 Å². The van der Waals surface area contributed by atoms with Crippen LogP contribution in [-0.4, -0.2) is 69.1 Å². The molecule has 10 nitrogen and oxygen atoms in total. The number of fused-ring (bicyclic) bond motifs is 1. The van der Waals surface area contributed by atoms with Gasteiger partial charge in [0.1, 0.15) is 23.4 Å². The predicted octanol–water partition coefficient (Wildman–Crippen LogP) is 4.57. The maximum absolute atomic E-state index is 14.0. The number of alkyl halides is 1. The van der Waals surface area contributed by atoms with Crippen molar-refractivity contribution in [2.75, 3.05) is 35.3 Å². The summed E-state index contributed by atoms with van der Waals surface area (Å²) < 4.78 is 19.5. The highest BCUT2D eigenvalue weighted by atomic mass is 19.1. The fourth-order valence-corrected chi connectivity index (χ4v) is 4.09. The van der Waals surface area contributed by atoms with Gasteiger partial charge in [-0.2, -0.15) is 0 Å². The van der Waals surface area contributed by atoms with E-state index in [1.54, 1.807) is 37.8 Å². The van der Waals surface area contributed by atoms with Gasteiger partial charge in [0.2, 0.25) is 5.95 Å². The number of hydrogen-bond acceptors (Lipinski definition) is 9. The minimum atomic E-state index is -1.31. The predicted molar refractivity (Wildman–Crippen MR) is 141 cm³/mol. The van der Waals surface area contributed by atoms with Crippen LogP contribution in [0.1, 0.15) is 52.5 Å². The SMILES string of the molecule is CC(C)c1cnc(N(C)C(=O)OC(C)(C)C)c2cnc(Nc3ccnc(N4CC[C@@H](O)[C@@H](F)C4)c3)nc12. The Balaban J connectivity index is 1.64. The van der Waals surface area contributed by atoms with E-state index in [2.05, 4.69) is 20.3 Å². The molecule has 0 saturated carbocycles. The molecule has 1 amide bonds. The van der Waals surface area contributed by atoms with Crippen molar-refractivity contribution in [1.29, 1.82) is 0 Å². The topological polar surface area (TPSA) is 117 Å².